The van der Waals surface area contributed by atoms with Gasteiger partial charge in [0.15, 0.2) is 0 Å². The van der Waals surface area contributed by atoms with Gasteiger partial charge in [-0.05, 0) is 38.6 Å². The van der Waals surface area contributed by atoms with Crippen molar-refractivity contribution in [3.8, 4) is 0 Å². The quantitative estimate of drug-likeness (QED) is 0.675. The minimum atomic E-state index is -0.149. The van der Waals surface area contributed by atoms with Crippen LogP contribution in [0.15, 0.2) is 0 Å². The molecule has 1 saturated carbocycles. The molecule has 0 bridgehead atoms. The molecule has 0 amide bonds. The van der Waals surface area contributed by atoms with E-state index >= 15 is 0 Å². The van der Waals surface area contributed by atoms with Gasteiger partial charge in [0.2, 0.25) is 0 Å². The second kappa shape index (κ2) is 4.24. The molecule has 0 aromatic carbocycles. The van der Waals surface area contributed by atoms with Crippen LogP contribution in [0.25, 0.3) is 0 Å². The van der Waals surface area contributed by atoms with Crippen molar-refractivity contribution < 1.29 is 5.11 Å². The van der Waals surface area contributed by atoms with Crippen molar-refractivity contribution in [3.63, 3.8) is 0 Å². The third-order valence-corrected chi connectivity index (χ3v) is 2.75. The smallest absolute Gasteiger partial charge is 0.0524 e. The zero-order valence-corrected chi connectivity index (χ0v) is 8.45. The van der Waals surface area contributed by atoms with Gasteiger partial charge in [0.1, 0.15) is 0 Å². The highest BCUT2D eigenvalue weighted by Crippen LogP contribution is 2.37. The molecule has 12 heavy (non-hydrogen) atoms. The number of aliphatic hydroxyl groups excluding tert-OH is 1. The first kappa shape index (κ1) is 10.0. The Bertz CT molecular complexity index is 136. The van der Waals surface area contributed by atoms with Crippen molar-refractivity contribution in [2.75, 3.05) is 20.1 Å². The molecule has 2 nitrogen and oxygen atoms in total. The molecule has 2 heteroatoms. The van der Waals surface area contributed by atoms with E-state index in [0.29, 0.717) is 0 Å². The van der Waals surface area contributed by atoms with Gasteiger partial charge in [-0.2, -0.15) is 0 Å². The first-order chi connectivity index (χ1) is 5.59. The number of rotatable bonds is 5. The second-order valence-corrected chi connectivity index (χ2v) is 4.37. The van der Waals surface area contributed by atoms with E-state index in [9.17, 15) is 0 Å². The van der Waals surface area contributed by atoms with Crippen LogP contribution in [-0.2, 0) is 0 Å². The van der Waals surface area contributed by atoms with Crippen LogP contribution in [0, 0.1) is 11.8 Å². The molecule has 1 aliphatic rings. The fraction of sp³-hybridized carbons (Fsp3) is 1.00. The van der Waals surface area contributed by atoms with Gasteiger partial charge >= 0.3 is 0 Å². The summed E-state index contributed by atoms with van der Waals surface area (Å²) in [4.78, 5) is 2.33. The lowest BCUT2D eigenvalue weighted by atomic mass is 10.2. The fourth-order valence-corrected chi connectivity index (χ4v) is 1.55. The molecule has 1 fully saturated rings. The first-order valence-corrected chi connectivity index (χ1v) is 4.96. The molecule has 0 radical (unpaired) electrons. The summed E-state index contributed by atoms with van der Waals surface area (Å²) in [6.45, 7) is 6.41. The molecule has 1 aliphatic carbocycles. The van der Waals surface area contributed by atoms with Crippen molar-refractivity contribution in [2.24, 2.45) is 11.8 Å². The van der Waals surface area contributed by atoms with Gasteiger partial charge in [-0.25, -0.2) is 0 Å². The third kappa shape index (κ3) is 3.55. The maximum atomic E-state index is 9.08. The van der Waals surface area contributed by atoms with E-state index in [1.54, 1.807) is 0 Å². The highest BCUT2D eigenvalue weighted by atomic mass is 16.3. The van der Waals surface area contributed by atoms with Crippen LogP contribution in [0.4, 0.5) is 0 Å². The zero-order valence-electron chi connectivity index (χ0n) is 8.45. The van der Waals surface area contributed by atoms with E-state index in [-0.39, 0.29) is 6.10 Å². The van der Waals surface area contributed by atoms with Crippen LogP contribution in [0.2, 0.25) is 0 Å². The summed E-state index contributed by atoms with van der Waals surface area (Å²) >= 11 is 0. The van der Waals surface area contributed by atoms with Gasteiger partial charge in [0.25, 0.3) is 0 Å². The molecule has 0 saturated heterocycles. The SMILES string of the molecule is CC(O)CCN(C)CC1CC1C. The Balaban J connectivity index is 2.00. The molecule has 0 aromatic rings. The Hall–Kier alpha value is -0.0800. The van der Waals surface area contributed by atoms with Gasteiger partial charge in [-0.15, -0.1) is 0 Å². The number of hydrogen-bond acceptors (Lipinski definition) is 2. The number of nitrogens with zero attached hydrogens (tertiary/aromatic N) is 1. The predicted molar refractivity (Wildman–Crippen MR) is 51.1 cm³/mol. The van der Waals surface area contributed by atoms with Crippen LogP contribution >= 0.6 is 0 Å². The number of hydrogen-bond donors (Lipinski definition) is 1. The van der Waals surface area contributed by atoms with Crippen LogP contribution in [-0.4, -0.2) is 36.2 Å². The van der Waals surface area contributed by atoms with Gasteiger partial charge in [0, 0.05) is 13.1 Å². The lowest BCUT2D eigenvalue weighted by molar-refractivity contribution is 0.162. The molecule has 3 atom stereocenters. The Labute approximate surface area is 75.6 Å². The molecule has 0 aromatic heterocycles. The van der Waals surface area contributed by atoms with E-state index < -0.39 is 0 Å². The molecule has 0 spiro atoms. The third-order valence-electron chi connectivity index (χ3n) is 2.75. The van der Waals surface area contributed by atoms with Crippen LogP contribution < -0.4 is 0 Å². The number of aliphatic hydroxyl groups is 1. The van der Waals surface area contributed by atoms with E-state index in [1.165, 1.54) is 13.0 Å². The Morgan fingerprint density at radius 2 is 2.17 bits per heavy atom. The molecular weight excluding hydrogens is 150 g/mol. The van der Waals surface area contributed by atoms with Gasteiger partial charge < -0.3 is 10.0 Å². The molecule has 0 heterocycles. The summed E-state index contributed by atoms with van der Waals surface area (Å²) in [5.74, 6) is 1.88. The Kier molecular flexibility index (Phi) is 3.53. The molecule has 72 valence electrons. The fourth-order valence-electron chi connectivity index (χ4n) is 1.55. The average molecular weight is 171 g/mol. The Morgan fingerprint density at radius 1 is 1.58 bits per heavy atom. The van der Waals surface area contributed by atoms with Crippen LogP contribution in [0.1, 0.15) is 26.7 Å². The van der Waals surface area contributed by atoms with E-state index in [2.05, 4.69) is 18.9 Å². The zero-order chi connectivity index (χ0) is 9.14. The van der Waals surface area contributed by atoms with Crippen molar-refractivity contribution >= 4 is 0 Å². The van der Waals surface area contributed by atoms with Crippen molar-refractivity contribution in [1.29, 1.82) is 0 Å². The van der Waals surface area contributed by atoms with Crippen molar-refractivity contribution in [2.45, 2.75) is 32.8 Å². The van der Waals surface area contributed by atoms with E-state index in [0.717, 1.165) is 24.8 Å². The highest BCUT2D eigenvalue weighted by Gasteiger charge is 2.32. The summed E-state index contributed by atoms with van der Waals surface area (Å²) in [5.41, 5.74) is 0. The molecule has 3 unspecified atom stereocenters. The minimum Gasteiger partial charge on any atom is -0.393 e. The Morgan fingerprint density at radius 3 is 2.58 bits per heavy atom. The predicted octanol–water partition coefficient (Wildman–Crippen LogP) is 1.35. The molecule has 1 N–H and O–H groups in total. The van der Waals surface area contributed by atoms with Gasteiger partial charge in [0.05, 0.1) is 6.10 Å². The summed E-state index contributed by atoms with van der Waals surface area (Å²) < 4.78 is 0. The van der Waals surface area contributed by atoms with Gasteiger partial charge in [-0.1, -0.05) is 6.92 Å². The maximum Gasteiger partial charge on any atom is 0.0524 e. The van der Waals surface area contributed by atoms with Crippen LogP contribution in [0.5, 0.6) is 0 Å². The largest absolute Gasteiger partial charge is 0.393 e. The average Bonchev–Trinajstić information content (AvgIpc) is 2.62. The lowest BCUT2D eigenvalue weighted by Gasteiger charge is -2.16. The topological polar surface area (TPSA) is 23.5 Å². The molecular formula is C10H21NO. The normalized spacial score (nSPS) is 30.8. The highest BCUT2D eigenvalue weighted by molar-refractivity contribution is 4.84. The van der Waals surface area contributed by atoms with Gasteiger partial charge in [-0.3, -0.25) is 0 Å². The summed E-state index contributed by atoms with van der Waals surface area (Å²) in [6.07, 6.45) is 2.15. The van der Waals surface area contributed by atoms with Crippen molar-refractivity contribution in [3.05, 3.63) is 0 Å². The van der Waals surface area contributed by atoms with Crippen LogP contribution in [0.3, 0.4) is 0 Å². The molecule has 1 rings (SSSR count). The lowest BCUT2D eigenvalue weighted by Crippen LogP contribution is -2.24. The second-order valence-electron chi connectivity index (χ2n) is 4.37. The van der Waals surface area contributed by atoms with E-state index in [4.69, 9.17) is 5.11 Å². The van der Waals surface area contributed by atoms with E-state index in [1.807, 2.05) is 6.92 Å². The maximum absolute atomic E-state index is 9.08. The minimum absolute atomic E-state index is 0.149. The molecule has 0 aliphatic heterocycles. The summed E-state index contributed by atoms with van der Waals surface area (Å²) in [5, 5.41) is 9.08. The summed E-state index contributed by atoms with van der Waals surface area (Å²) in [6, 6.07) is 0. The summed E-state index contributed by atoms with van der Waals surface area (Å²) in [7, 11) is 2.15. The monoisotopic (exact) mass is 171 g/mol. The van der Waals surface area contributed by atoms with Crippen molar-refractivity contribution in [1.82, 2.24) is 4.90 Å². The first-order valence-electron chi connectivity index (χ1n) is 4.96. The standard InChI is InChI=1S/C10H21NO/c1-8-6-10(8)7-11(3)5-4-9(2)12/h8-10,12H,4-7H2,1-3H3.